The van der Waals surface area contributed by atoms with Crippen LogP contribution in [0.3, 0.4) is 0 Å². The first-order valence-electron chi connectivity index (χ1n) is 6.38. The van der Waals surface area contributed by atoms with Gasteiger partial charge < -0.3 is 4.74 Å². The van der Waals surface area contributed by atoms with E-state index in [4.69, 9.17) is 4.74 Å². The van der Waals surface area contributed by atoms with Crippen molar-refractivity contribution in [2.45, 2.75) is 65.9 Å². The molecular formula is C13H26O2. The average Bonchev–Trinajstić information content (AvgIpc) is 2.28. The van der Waals surface area contributed by atoms with E-state index in [0.717, 1.165) is 38.7 Å². The minimum atomic E-state index is 0.282. The first kappa shape index (κ1) is 14.6. The van der Waals surface area contributed by atoms with Crippen LogP contribution in [0.5, 0.6) is 0 Å². The van der Waals surface area contributed by atoms with Crippen molar-refractivity contribution >= 4 is 5.78 Å². The van der Waals surface area contributed by atoms with Gasteiger partial charge in [-0.1, -0.05) is 27.2 Å². The van der Waals surface area contributed by atoms with Gasteiger partial charge in [0.1, 0.15) is 5.78 Å². The Kier molecular flexibility index (Phi) is 8.68. The van der Waals surface area contributed by atoms with Crippen molar-refractivity contribution in [3.8, 4) is 0 Å². The van der Waals surface area contributed by atoms with E-state index in [0.29, 0.717) is 5.78 Å². The number of rotatable bonds is 4. The fourth-order valence-corrected chi connectivity index (χ4v) is 1.85. The fourth-order valence-electron chi connectivity index (χ4n) is 1.85. The summed E-state index contributed by atoms with van der Waals surface area (Å²) in [6, 6.07) is 0. The third kappa shape index (κ3) is 5.93. The van der Waals surface area contributed by atoms with Crippen LogP contribution in [0.25, 0.3) is 0 Å². The second-order valence-corrected chi connectivity index (χ2v) is 3.97. The predicted molar refractivity (Wildman–Crippen MR) is 64.0 cm³/mol. The molecule has 0 aromatic heterocycles. The molecule has 1 heterocycles. The van der Waals surface area contributed by atoms with Gasteiger partial charge in [0, 0.05) is 18.9 Å². The van der Waals surface area contributed by atoms with Crippen molar-refractivity contribution in [2.75, 3.05) is 6.61 Å². The van der Waals surface area contributed by atoms with Gasteiger partial charge in [-0.15, -0.1) is 0 Å². The number of hydrogen-bond donors (Lipinski definition) is 0. The number of carbonyl (C=O) groups is 1. The first-order valence-corrected chi connectivity index (χ1v) is 6.38. The summed E-state index contributed by atoms with van der Waals surface area (Å²) in [4.78, 5) is 11.6. The number of ether oxygens (including phenoxy) is 1. The van der Waals surface area contributed by atoms with Gasteiger partial charge in [-0.2, -0.15) is 0 Å². The zero-order chi connectivity index (χ0) is 11.7. The molecule has 0 aromatic carbocycles. The lowest BCUT2D eigenvalue weighted by Crippen LogP contribution is -2.28. The van der Waals surface area contributed by atoms with Crippen LogP contribution in [-0.2, 0) is 9.53 Å². The molecule has 0 N–H and O–H groups in total. The molecule has 2 unspecified atom stereocenters. The minimum Gasteiger partial charge on any atom is -0.378 e. The molecule has 2 heteroatoms. The van der Waals surface area contributed by atoms with Crippen molar-refractivity contribution < 1.29 is 9.53 Å². The van der Waals surface area contributed by atoms with Gasteiger partial charge >= 0.3 is 0 Å². The highest BCUT2D eigenvalue weighted by atomic mass is 16.5. The lowest BCUT2D eigenvalue weighted by molar-refractivity contribution is -0.127. The summed E-state index contributed by atoms with van der Waals surface area (Å²) in [5.74, 6) is 0.743. The summed E-state index contributed by atoms with van der Waals surface area (Å²) in [5, 5.41) is 0. The number of hydrogen-bond acceptors (Lipinski definition) is 2. The molecule has 0 aliphatic carbocycles. The van der Waals surface area contributed by atoms with Crippen LogP contribution in [0, 0.1) is 5.92 Å². The van der Waals surface area contributed by atoms with Gasteiger partial charge in [0.2, 0.25) is 0 Å². The summed E-state index contributed by atoms with van der Waals surface area (Å²) in [6.07, 6.45) is 5.09. The topological polar surface area (TPSA) is 26.3 Å². The van der Waals surface area contributed by atoms with E-state index in [1.54, 1.807) is 0 Å². The Bertz CT molecular complexity index is 166. The third-order valence-corrected chi connectivity index (χ3v) is 2.72. The van der Waals surface area contributed by atoms with E-state index in [2.05, 4.69) is 13.8 Å². The van der Waals surface area contributed by atoms with Crippen molar-refractivity contribution in [3.05, 3.63) is 0 Å². The predicted octanol–water partition coefficient (Wildman–Crippen LogP) is 3.59. The van der Waals surface area contributed by atoms with Crippen molar-refractivity contribution in [3.63, 3.8) is 0 Å². The molecule has 0 amide bonds. The van der Waals surface area contributed by atoms with Gasteiger partial charge in [-0.25, -0.2) is 0 Å². The summed E-state index contributed by atoms with van der Waals surface area (Å²) in [5.41, 5.74) is 0. The van der Waals surface area contributed by atoms with E-state index >= 15 is 0 Å². The molecule has 0 saturated carbocycles. The van der Waals surface area contributed by atoms with Crippen LogP contribution in [-0.4, -0.2) is 18.5 Å². The van der Waals surface area contributed by atoms with Gasteiger partial charge in [-0.05, 0) is 26.2 Å². The van der Waals surface area contributed by atoms with Crippen molar-refractivity contribution in [1.82, 2.24) is 0 Å². The Morgan fingerprint density at radius 2 is 2.07 bits per heavy atom. The highest BCUT2D eigenvalue weighted by Gasteiger charge is 2.24. The molecule has 0 bridgehead atoms. The Hall–Kier alpha value is -0.370. The fraction of sp³-hybridized carbons (Fsp3) is 0.923. The van der Waals surface area contributed by atoms with E-state index < -0.39 is 0 Å². The molecule has 0 radical (unpaired) electrons. The molecule has 2 atom stereocenters. The molecule has 2 nitrogen and oxygen atoms in total. The van der Waals surface area contributed by atoms with E-state index in [1.807, 2.05) is 13.8 Å². The Morgan fingerprint density at radius 3 is 2.60 bits per heavy atom. The van der Waals surface area contributed by atoms with Gasteiger partial charge in [-0.3, -0.25) is 4.79 Å². The van der Waals surface area contributed by atoms with Crippen LogP contribution in [0.2, 0.25) is 0 Å². The Balaban J connectivity index is 0.000000921. The molecule has 0 spiro atoms. The smallest absolute Gasteiger partial charge is 0.136 e. The second-order valence-electron chi connectivity index (χ2n) is 3.97. The maximum absolute atomic E-state index is 11.6. The van der Waals surface area contributed by atoms with Gasteiger partial charge in [0.05, 0.1) is 6.10 Å². The molecule has 1 aliphatic heterocycles. The van der Waals surface area contributed by atoms with Crippen molar-refractivity contribution in [1.29, 1.82) is 0 Å². The Morgan fingerprint density at radius 1 is 1.40 bits per heavy atom. The zero-order valence-corrected chi connectivity index (χ0v) is 10.7. The molecule has 1 fully saturated rings. The molecule has 90 valence electrons. The lowest BCUT2D eigenvalue weighted by atomic mass is 9.90. The Labute approximate surface area is 94.4 Å². The van der Waals surface area contributed by atoms with Crippen LogP contribution >= 0.6 is 0 Å². The number of unbranched alkanes of at least 4 members (excludes halogenated alkanes) is 1. The normalized spacial score (nSPS) is 25.3. The van der Waals surface area contributed by atoms with Gasteiger partial charge in [0.15, 0.2) is 0 Å². The molecular weight excluding hydrogens is 188 g/mol. The maximum atomic E-state index is 11.6. The zero-order valence-electron chi connectivity index (χ0n) is 10.7. The minimum absolute atomic E-state index is 0.282. The van der Waals surface area contributed by atoms with Crippen LogP contribution < -0.4 is 0 Å². The highest BCUT2D eigenvalue weighted by molar-refractivity contribution is 5.81. The van der Waals surface area contributed by atoms with E-state index in [9.17, 15) is 4.79 Å². The molecule has 15 heavy (non-hydrogen) atoms. The van der Waals surface area contributed by atoms with E-state index in [1.165, 1.54) is 0 Å². The molecule has 1 rings (SSSR count). The maximum Gasteiger partial charge on any atom is 0.136 e. The largest absolute Gasteiger partial charge is 0.378 e. The second kappa shape index (κ2) is 8.90. The van der Waals surface area contributed by atoms with Crippen LogP contribution in [0.4, 0.5) is 0 Å². The summed E-state index contributed by atoms with van der Waals surface area (Å²) in [6.45, 7) is 8.95. The standard InChI is InChI=1S/C11H20O2.C2H6/c1-3-4-5-11(12)10-6-7-13-9(2)8-10;1-2/h9-10H,3-8H2,1-2H3;1-2H3. The van der Waals surface area contributed by atoms with Crippen LogP contribution in [0.15, 0.2) is 0 Å². The number of Topliss-reactive ketones (excluding diaryl/α,β-unsaturated/α-hetero) is 1. The van der Waals surface area contributed by atoms with Gasteiger partial charge in [0.25, 0.3) is 0 Å². The van der Waals surface area contributed by atoms with E-state index in [-0.39, 0.29) is 12.0 Å². The molecule has 0 aromatic rings. The quantitative estimate of drug-likeness (QED) is 0.715. The summed E-state index contributed by atoms with van der Waals surface area (Å²) in [7, 11) is 0. The monoisotopic (exact) mass is 214 g/mol. The molecule has 1 aliphatic rings. The SMILES string of the molecule is CC.CCCCC(=O)C1CCOC(C)C1. The third-order valence-electron chi connectivity index (χ3n) is 2.72. The van der Waals surface area contributed by atoms with Crippen molar-refractivity contribution in [2.24, 2.45) is 5.92 Å². The number of carbonyl (C=O) groups excluding carboxylic acids is 1. The number of ketones is 1. The summed E-state index contributed by atoms with van der Waals surface area (Å²) >= 11 is 0. The van der Waals surface area contributed by atoms with Crippen LogP contribution in [0.1, 0.15) is 59.8 Å². The highest BCUT2D eigenvalue weighted by Crippen LogP contribution is 2.22. The molecule has 1 saturated heterocycles. The average molecular weight is 214 g/mol. The summed E-state index contributed by atoms with van der Waals surface area (Å²) < 4.78 is 5.41. The lowest BCUT2D eigenvalue weighted by Gasteiger charge is -2.26. The first-order chi connectivity index (χ1) is 7.24.